The molecule has 0 atom stereocenters. The maximum atomic E-state index is 10.4. The number of nitrogens with zero attached hydrogens (tertiary/aromatic N) is 1. The molecule has 1 aliphatic carbocycles. The Hall–Kier alpha value is -1.65. The van der Waals surface area contributed by atoms with Gasteiger partial charge < -0.3 is 5.11 Å². The van der Waals surface area contributed by atoms with Crippen molar-refractivity contribution in [3.05, 3.63) is 40.0 Å². The molecule has 0 saturated carbocycles. The first-order chi connectivity index (χ1) is 5.61. The molecule has 12 heavy (non-hydrogen) atoms. The zero-order valence-electron chi connectivity index (χ0n) is 6.06. The average molecular weight is 168 g/mol. The number of aliphatic carboxylic acids is 1. The van der Waals surface area contributed by atoms with E-state index in [2.05, 4.69) is 0 Å². The molecule has 1 radical (unpaired) electrons. The van der Waals surface area contributed by atoms with Gasteiger partial charge >= 0.3 is 5.97 Å². The summed E-state index contributed by atoms with van der Waals surface area (Å²) < 4.78 is 0. The summed E-state index contributed by atoms with van der Waals surface area (Å²) in [5, 5.41) is 18.7. The molecule has 0 spiro atoms. The lowest BCUT2D eigenvalue weighted by Gasteiger charge is -2.03. The highest BCUT2D eigenvalue weighted by Crippen LogP contribution is 2.16. The third kappa shape index (κ3) is 1.69. The Bertz CT molecular complexity index is 290. The summed E-state index contributed by atoms with van der Waals surface area (Å²) in [5.41, 5.74) is -0.181. The van der Waals surface area contributed by atoms with E-state index >= 15 is 0 Å². The molecule has 5 nitrogen and oxygen atoms in total. The smallest absolute Gasteiger partial charge is 0.332 e. The predicted octanol–water partition coefficient (Wildman–Crippen LogP) is 0.766. The Morgan fingerprint density at radius 3 is 2.83 bits per heavy atom. The van der Waals surface area contributed by atoms with E-state index in [9.17, 15) is 14.9 Å². The van der Waals surface area contributed by atoms with E-state index in [0.29, 0.717) is 6.42 Å². The Morgan fingerprint density at radius 1 is 1.67 bits per heavy atom. The summed E-state index contributed by atoms with van der Waals surface area (Å²) in [6.07, 6.45) is 4.14. The second kappa shape index (κ2) is 3.17. The number of nitro groups is 1. The van der Waals surface area contributed by atoms with Crippen LogP contribution in [-0.4, -0.2) is 16.0 Å². The molecule has 0 amide bonds. The van der Waals surface area contributed by atoms with Crippen LogP contribution in [-0.2, 0) is 4.79 Å². The van der Waals surface area contributed by atoms with Crippen molar-refractivity contribution in [2.45, 2.75) is 6.42 Å². The Balaban J connectivity index is 2.88. The highest BCUT2D eigenvalue weighted by Gasteiger charge is 2.17. The first-order valence-corrected chi connectivity index (χ1v) is 3.24. The standard InChI is InChI=1S/C7H6NO4/c9-7(10)5-2-1-3-6(4-5)8(11)12/h2-4H,1H2,(H,9,10). The van der Waals surface area contributed by atoms with Gasteiger partial charge in [-0.05, 0) is 12.5 Å². The topological polar surface area (TPSA) is 80.4 Å². The maximum absolute atomic E-state index is 10.4. The summed E-state index contributed by atoms with van der Waals surface area (Å²) in [5.74, 6) is -1.14. The number of carboxylic acids is 1. The van der Waals surface area contributed by atoms with Gasteiger partial charge in [0, 0.05) is 18.1 Å². The van der Waals surface area contributed by atoms with Crippen LogP contribution in [0.25, 0.3) is 0 Å². The number of hydrogen-bond donors (Lipinski definition) is 1. The third-order valence-corrected chi connectivity index (χ3v) is 1.43. The minimum atomic E-state index is -1.14. The lowest BCUT2D eigenvalue weighted by Crippen LogP contribution is -2.08. The monoisotopic (exact) mass is 168 g/mol. The molecule has 0 saturated heterocycles. The van der Waals surface area contributed by atoms with Gasteiger partial charge in [0.15, 0.2) is 0 Å². The van der Waals surface area contributed by atoms with Crippen LogP contribution < -0.4 is 0 Å². The van der Waals surface area contributed by atoms with E-state index in [4.69, 9.17) is 5.11 Å². The average Bonchev–Trinajstić information content (AvgIpc) is 2.04. The molecule has 0 aromatic carbocycles. The van der Waals surface area contributed by atoms with Crippen LogP contribution in [0.15, 0.2) is 23.4 Å². The van der Waals surface area contributed by atoms with Crippen LogP contribution in [0.1, 0.15) is 6.42 Å². The number of allylic oxidation sites excluding steroid dienone is 2. The minimum absolute atomic E-state index is 0.0239. The molecule has 0 heterocycles. The SMILES string of the molecule is O=C(O)C1=CC([N+](=O)[O-])=CC[CH]1. The number of hydrogen-bond acceptors (Lipinski definition) is 3. The third-order valence-electron chi connectivity index (χ3n) is 1.43. The van der Waals surface area contributed by atoms with Crippen molar-refractivity contribution in [3.8, 4) is 0 Å². The quantitative estimate of drug-likeness (QED) is 0.487. The van der Waals surface area contributed by atoms with Gasteiger partial charge in [0.2, 0.25) is 0 Å². The van der Waals surface area contributed by atoms with Gasteiger partial charge in [-0.2, -0.15) is 0 Å². The highest BCUT2D eigenvalue weighted by atomic mass is 16.6. The van der Waals surface area contributed by atoms with Gasteiger partial charge in [0.05, 0.1) is 4.92 Å². The van der Waals surface area contributed by atoms with Crippen molar-refractivity contribution in [2.24, 2.45) is 0 Å². The highest BCUT2D eigenvalue weighted by molar-refractivity contribution is 5.89. The molecule has 0 aliphatic heterocycles. The Labute approximate surface area is 68.2 Å². The van der Waals surface area contributed by atoms with Crippen LogP contribution in [0.3, 0.4) is 0 Å². The fourth-order valence-electron chi connectivity index (χ4n) is 0.860. The molecule has 1 aliphatic rings. The van der Waals surface area contributed by atoms with Crippen molar-refractivity contribution < 1.29 is 14.8 Å². The first-order valence-electron chi connectivity index (χ1n) is 3.24. The molecule has 0 aromatic rings. The van der Waals surface area contributed by atoms with Crippen LogP contribution >= 0.6 is 0 Å². The van der Waals surface area contributed by atoms with Gasteiger partial charge in [0.1, 0.15) is 0 Å². The van der Waals surface area contributed by atoms with Crippen molar-refractivity contribution >= 4 is 5.97 Å². The van der Waals surface area contributed by atoms with Gasteiger partial charge in [-0.3, -0.25) is 10.1 Å². The molecule has 0 unspecified atom stereocenters. The van der Waals surface area contributed by atoms with Crippen LogP contribution in [0, 0.1) is 16.5 Å². The zero-order valence-corrected chi connectivity index (χ0v) is 6.06. The van der Waals surface area contributed by atoms with E-state index < -0.39 is 10.9 Å². The van der Waals surface area contributed by atoms with Gasteiger partial charge in [-0.15, -0.1) is 0 Å². The molecular weight excluding hydrogens is 162 g/mol. The number of carbonyl (C=O) groups is 1. The zero-order chi connectivity index (χ0) is 9.14. The van der Waals surface area contributed by atoms with E-state index in [-0.39, 0.29) is 11.3 Å². The van der Waals surface area contributed by atoms with E-state index in [1.165, 1.54) is 12.5 Å². The Kier molecular flexibility index (Phi) is 2.23. The van der Waals surface area contributed by atoms with E-state index in [1.54, 1.807) is 0 Å². The number of carboxylic acid groups (broad SMARTS) is 1. The molecule has 63 valence electrons. The molecule has 5 heteroatoms. The fourth-order valence-corrected chi connectivity index (χ4v) is 0.860. The molecular formula is C7H6NO4. The maximum Gasteiger partial charge on any atom is 0.332 e. The van der Waals surface area contributed by atoms with Crippen molar-refractivity contribution in [1.29, 1.82) is 0 Å². The fraction of sp³-hybridized carbons (Fsp3) is 0.143. The van der Waals surface area contributed by atoms with Crippen molar-refractivity contribution in [2.75, 3.05) is 0 Å². The lowest BCUT2D eigenvalue weighted by molar-refractivity contribution is -0.419. The van der Waals surface area contributed by atoms with Crippen molar-refractivity contribution in [1.82, 2.24) is 0 Å². The van der Waals surface area contributed by atoms with Crippen LogP contribution in [0.4, 0.5) is 0 Å². The van der Waals surface area contributed by atoms with Gasteiger partial charge in [-0.1, -0.05) is 0 Å². The second-order valence-corrected chi connectivity index (χ2v) is 2.23. The second-order valence-electron chi connectivity index (χ2n) is 2.23. The van der Waals surface area contributed by atoms with E-state index in [0.717, 1.165) is 6.08 Å². The summed E-state index contributed by atoms with van der Waals surface area (Å²) in [7, 11) is 0. The first kappa shape index (κ1) is 8.45. The molecule has 0 bridgehead atoms. The molecule has 0 aromatic heterocycles. The Morgan fingerprint density at radius 2 is 2.33 bits per heavy atom. The summed E-state index contributed by atoms with van der Waals surface area (Å²) in [6, 6.07) is 0. The number of rotatable bonds is 2. The predicted molar refractivity (Wildman–Crippen MR) is 39.7 cm³/mol. The molecule has 0 fully saturated rings. The van der Waals surface area contributed by atoms with Crippen LogP contribution in [0.2, 0.25) is 0 Å². The van der Waals surface area contributed by atoms with Gasteiger partial charge in [0.25, 0.3) is 5.70 Å². The molecule has 1 N–H and O–H groups in total. The minimum Gasteiger partial charge on any atom is -0.478 e. The summed E-state index contributed by atoms with van der Waals surface area (Å²) >= 11 is 0. The van der Waals surface area contributed by atoms with Crippen LogP contribution in [0.5, 0.6) is 0 Å². The van der Waals surface area contributed by atoms with Gasteiger partial charge in [-0.25, -0.2) is 4.79 Å². The largest absolute Gasteiger partial charge is 0.478 e. The van der Waals surface area contributed by atoms with Crippen molar-refractivity contribution in [3.63, 3.8) is 0 Å². The lowest BCUT2D eigenvalue weighted by atomic mass is 10.0. The van der Waals surface area contributed by atoms with E-state index in [1.807, 2.05) is 0 Å². The molecule has 1 rings (SSSR count). The normalized spacial score (nSPS) is 16.3. The summed E-state index contributed by atoms with van der Waals surface area (Å²) in [6.45, 7) is 0. The summed E-state index contributed by atoms with van der Waals surface area (Å²) in [4.78, 5) is 20.0.